The van der Waals surface area contributed by atoms with E-state index in [1.54, 1.807) is 14.2 Å². The van der Waals surface area contributed by atoms with Crippen LogP contribution in [0, 0.1) is 11.6 Å². The number of benzene rings is 3. The summed E-state index contributed by atoms with van der Waals surface area (Å²) in [4.78, 5) is 2.49. The van der Waals surface area contributed by atoms with E-state index in [4.69, 9.17) is 14.0 Å². The van der Waals surface area contributed by atoms with Crippen molar-refractivity contribution in [3.8, 4) is 11.5 Å². The maximum absolute atomic E-state index is 13.5. The highest BCUT2D eigenvalue weighted by Gasteiger charge is 2.26. The van der Waals surface area contributed by atoms with Crippen LogP contribution in [-0.4, -0.2) is 43.9 Å². The maximum atomic E-state index is 13.5. The van der Waals surface area contributed by atoms with Crippen molar-refractivity contribution in [3.05, 3.63) is 89.1 Å². The second-order valence-corrected chi connectivity index (χ2v) is 9.68. The quantitative estimate of drug-likeness (QED) is 0.203. The second-order valence-electron chi connectivity index (χ2n) is 9.68. The Morgan fingerprint density at radius 1 is 0.895 bits per heavy atom. The normalized spacial score (nSPS) is 14.6. The number of hydrogen-bond acceptors (Lipinski definition) is 5. The second kappa shape index (κ2) is 12.7. The van der Waals surface area contributed by atoms with E-state index in [1.807, 2.05) is 36.4 Å². The standard InChI is InChI=1S/C30H32F2N2O3.BrH/c1-35-28-18-26-27(19-29(28)36-2)37-33-30(26)22-13-16-34(17-14-22)15-3-4-25(20-5-9-23(31)10-6-20)21-7-11-24(32)12-8-21;/h5-12,18-19,22,25H,3-4,13-17H2,1-2H3;1H. The molecule has 8 heteroatoms. The predicted molar refractivity (Wildman–Crippen MR) is 150 cm³/mol. The number of hydrogen-bond donors (Lipinski definition) is 0. The zero-order chi connectivity index (χ0) is 25.8. The van der Waals surface area contributed by atoms with Gasteiger partial charge in [0, 0.05) is 23.3 Å². The van der Waals surface area contributed by atoms with E-state index in [-0.39, 0.29) is 34.5 Å². The molecule has 2 heterocycles. The van der Waals surface area contributed by atoms with Crippen LogP contribution in [0.2, 0.25) is 0 Å². The zero-order valence-corrected chi connectivity index (χ0v) is 23.4. The molecule has 1 aromatic heterocycles. The third-order valence-corrected chi connectivity index (χ3v) is 7.49. The predicted octanol–water partition coefficient (Wildman–Crippen LogP) is 7.49. The molecule has 1 aliphatic rings. The van der Waals surface area contributed by atoms with E-state index in [0.717, 1.165) is 67.5 Å². The Balaban J connectivity index is 0.00000336. The fraction of sp³-hybridized carbons (Fsp3) is 0.367. The Morgan fingerprint density at radius 3 is 2.00 bits per heavy atom. The number of ether oxygens (including phenoxy) is 2. The highest BCUT2D eigenvalue weighted by Crippen LogP contribution is 2.38. The van der Waals surface area contributed by atoms with Crippen LogP contribution in [0.1, 0.15) is 54.3 Å². The van der Waals surface area contributed by atoms with Crippen molar-refractivity contribution in [2.24, 2.45) is 0 Å². The molecule has 0 bridgehead atoms. The van der Waals surface area contributed by atoms with Gasteiger partial charge in [-0.15, -0.1) is 17.0 Å². The minimum atomic E-state index is -0.248. The van der Waals surface area contributed by atoms with Gasteiger partial charge in [0.05, 0.1) is 19.9 Å². The molecular formula is C30H33BrF2N2O3. The molecule has 0 unspecified atom stereocenters. The third-order valence-electron chi connectivity index (χ3n) is 7.49. The summed E-state index contributed by atoms with van der Waals surface area (Å²) < 4.78 is 43.5. The lowest BCUT2D eigenvalue weighted by molar-refractivity contribution is 0.205. The first-order chi connectivity index (χ1) is 18.1. The summed E-state index contributed by atoms with van der Waals surface area (Å²) in [6.07, 6.45) is 3.92. The van der Waals surface area contributed by atoms with Gasteiger partial charge in [-0.25, -0.2) is 8.78 Å². The summed E-state index contributed by atoms with van der Waals surface area (Å²) in [6.45, 7) is 2.96. The van der Waals surface area contributed by atoms with Crippen LogP contribution < -0.4 is 9.47 Å². The molecule has 0 spiro atoms. The summed E-state index contributed by atoms with van der Waals surface area (Å²) in [7, 11) is 3.24. The van der Waals surface area contributed by atoms with E-state index >= 15 is 0 Å². The van der Waals surface area contributed by atoms with Gasteiger partial charge < -0.3 is 18.9 Å². The van der Waals surface area contributed by atoms with Crippen LogP contribution in [0.15, 0.2) is 65.2 Å². The van der Waals surface area contributed by atoms with Gasteiger partial charge in [0.1, 0.15) is 11.6 Å². The summed E-state index contributed by atoms with van der Waals surface area (Å²) in [5, 5.41) is 5.39. The van der Waals surface area contributed by atoms with Gasteiger partial charge in [0.25, 0.3) is 0 Å². The van der Waals surface area contributed by atoms with Crippen LogP contribution >= 0.6 is 17.0 Å². The van der Waals surface area contributed by atoms with Gasteiger partial charge in [0.2, 0.25) is 0 Å². The minimum absolute atomic E-state index is 0. The Kier molecular flexibility index (Phi) is 9.39. The molecule has 3 aromatic carbocycles. The van der Waals surface area contributed by atoms with E-state index in [1.165, 1.54) is 24.3 Å². The molecule has 202 valence electrons. The lowest BCUT2D eigenvalue weighted by atomic mass is 9.87. The maximum Gasteiger partial charge on any atom is 0.171 e. The molecule has 38 heavy (non-hydrogen) atoms. The average Bonchev–Trinajstić information content (AvgIpc) is 3.35. The number of rotatable bonds is 9. The monoisotopic (exact) mass is 586 g/mol. The van der Waals surface area contributed by atoms with Crippen molar-refractivity contribution in [2.45, 2.75) is 37.5 Å². The molecule has 1 aliphatic heterocycles. The first kappa shape index (κ1) is 28.0. The van der Waals surface area contributed by atoms with E-state index in [9.17, 15) is 8.78 Å². The number of methoxy groups -OCH3 is 2. The van der Waals surface area contributed by atoms with Crippen LogP contribution in [0.4, 0.5) is 8.78 Å². The van der Waals surface area contributed by atoms with Gasteiger partial charge in [-0.05, 0) is 86.8 Å². The molecular weight excluding hydrogens is 554 g/mol. The van der Waals surface area contributed by atoms with E-state index < -0.39 is 0 Å². The third kappa shape index (κ3) is 6.18. The van der Waals surface area contributed by atoms with Crippen molar-refractivity contribution in [1.82, 2.24) is 10.1 Å². The SMILES string of the molecule is Br.COc1cc2onc(C3CCN(CCCC(c4ccc(F)cc4)c4ccc(F)cc4)CC3)c2cc1OC. The lowest BCUT2D eigenvalue weighted by Gasteiger charge is -2.31. The van der Waals surface area contributed by atoms with Crippen molar-refractivity contribution >= 4 is 28.0 Å². The van der Waals surface area contributed by atoms with Crippen LogP contribution in [0.25, 0.3) is 11.0 Å². The number of likely N-dealkylation sites (tertiary alicyclic amines) is 1. The van der Waals surface area contributed by atoms with Crippen molar-refractivity contribution in [1.29, 1.82) is 0 Å². The average molecular weight is 588 g/mol. The zero-order valence-electron chi connectivity index (χ0n) is 21.7. The molecule has 5 nitrogen and oxygen atoms in total. The Hall–Kier alpha value is -2.97. The van der Waals surface area contributed by atoms with Crippen molar-refractivity contribution < 1.29 is 22.8 Å². The Morgan fingerprint density at radius 2 is 1.45 bits per heavy atom. The molecule has 0 saturated carbocycles. The topological polar surface area (TPSA) is 47.7 Å². The lowest BCUT2D eigenvalue weighted by Crippen LogP contribution is -2.34. The molecule has 5 rings (SSSR count). The van der Waals surface area contributed by atoms with Crippen LogP contribution in [0.5, 0.6) is 11.5 Å². The van der Waals surface area contributed by atoms with Gasteiger partial charge in [-0.3, -0.25) is 0 Å². The molecule has 0 N–H and O–H groups in total. The van der Waals surface area contributed by atoms with E-state index in [0.29, 0.717) is 23.0 Å². The largest absolute Gasteiger partial charge is 0.493 e. The Labute approximate surface area is 232 Å². The van der Waals surface area contributed by atoms with Gasteiger partial charge in [0.15, 0.2) is 17.1 Å². The summed E-state index contributed by atoms with van der Waals surface area (Å²) >= 11 is 0. The number of nitrogens with zero attached hydrogens (tertiary/aromatic N) is 2. The molecule has 1 saturated heterocycles. The number of fused-ring (bicyclic) bond motifs is 1. The van der Waals surface area contributed by atoms with Crippen LogP contribution in [0.3, 0.4) is 0 Å². The fourth-order valence-corrected chi connectivity index (χ4v) is 5.44. The summed E-state index contributed by atoms with van der Waals surface area (Å²) in [5.74, 6) is 1.25. The van der Waals surface area contributed by atoms with Crippen molar-refractivity contribution in [2.75, 3.05) is 33.9 Å². The molecule has 0 amide bonds. The molecule has 0 radical (unpaired) electrons. The van der Waals surface area contributed by atoms with Gasteiger partial charge >= 0.3 is 0 Å². The summed E-state index contributed by atoms with van der Waals surface area (Å²) in [6, 6.07) is 17.1. The molecule has 0 atom stereocenters. The highest BCUT2D eigenvalue weighted by atomic mass is 79.9. The van der Waals surface area contributed by atoms with Gasteiger partial charge in [-0.2, -0.15) is 0 Å². The summed E-state index contributed by atoms with van der Waals surface area (Å²) in [5.41, 5.74) is 3.80. The molecule has 1 fully saturated rings. The number of piperidine rings is 1. The van der Waals surface area contributed by atoms with E-state index in [2.05, 4.69) is 10.1 Å². The first-order valence-corrected chi connectivity index (χ1v) is 12.8. The Bertz CT molecular complexity index is 1270. The first-order valence-electron chi connectivity index (χ1n) is 12.8. The fourth-order valence-electron chi connectivity index (χ4n) is 5.44. The van der Waals surface area contributed by atoms with Crippen molar-refractivity contribution in [3.63, 3.8) is 0 Å². The smallest absolute Gasteiger partial charge is 0.171 e. The minimum Gasteiger partial charge on any atom is -0.493 e. The molecule has 0 aliphatic carbocycles. The number of halogens is 3. The van der Waals surface area contributed by atoms with Crippen LogP contribution in [-0.2, 0) is 0 Å². The highest BCUT2D eigenvalue weighted by molar-refractivity contribution is 8.93. The number of aromatic nitrogens is 1. The van der Waals surface area contributed by atoms with Gasteiger partial charge in [-0.1, -0.05) is 29.4 Å². The molecule has 4 aromatic rings.